The largest absolute Gasteiger partial charge is 0.493 e. The summed E-state index contributed by atoms with van der Waals surface area (Å²) >= 11 is 0. The third kappa shape index (κ3) is 5.01. The Kier molecular flexibility index (Phi) is 7.53. The Morgan fingerprint density at radius 3 is 2.42 bits per heavy atom. The molecule has 1 N–H and O–H groups in total. The molecule has 0 aliphatic carbocycles. The topological polar surface area (TPSA) is 86.3 Å². The molecule has 4 rings (SSSR count). The summed E-state index contributed by atoms with van der Waals surface area (Å²) in [5.41, 5.74) is 0.996. The third-order valence-electron chi connectivity index (χ3n) is 5.49. The molecule has 0 aromatic heterocycles. The van der Waals surface area contributed by atoms with Crippen LogP contribution in [0.4, 0.5) is 0 Å². The molecule has 2 aliphatic rings. The van der Waals surface area contributed by atoms with E-state index in [2.05, 4.69) is 9.62 Å². The molecular formula is C21H27ClN2O6S. The lowest BCUT2D eigenvalue weighted by molar-refractivity contribution is 0.173. The van der Waals surface area contributed by atoms with Gasteiger partial charge in [-0.3, -0.25) is 4.90 Å². The van der Waals surface area contributed by atoms with Gasteiger partial charge in [0, 0.05) is 18.7 Å². The van der Waals surface area contributed by atoms with Crippen LogP contribution < -0.4 is 23.7 Å². The van der Waals surface area contributed by atoms with Crippen LogP contribution in [0.2, 0.25) is 0 Å². The summed E-state index contributed by atoms with van der Waals surface area (Å²) in [4.78, 5) is 2.43. The van der Waals surface area contributed by atoms with Gasteiger partial charge in [-0.1, -0.05) is 6.07 Å². The first-order chi connectivity index (χ1) is 14.5. The second kappa shape index (κ2) is 9.95. The summed E-state index contributed by atoms with van der Waals surface area (Å²) in [6.07, 6.45) is 2.20. The first-order valence-electron chi connectivity index (χ1n) is 9.87. The molecule has 2 aliphatic heterocycles. The molecule has 1 atom stereocenters. The smallest absolute Gasteiger partial charge is 0.240 e. The van der Waals surface area contributed by atoms with Crippen molar-refractivity contribution in [3.05, 3.63) is 42.0 Å². The maximum Gasteiger partial charge on any atom is 0.240 e. The van der Waals surface area contributed by atoms with E-state index in [-0.39, 0.29) is 36.7 Å². The number of sulfonamides is 1. The molecule has 10 heteroatoms. The van der Waals surface area contributed by atoms with Gasteiger partial charge in [0.2, 0.25) is 16.8 Å². The lowest BCUT2D eigenvalue weighted by atomic mass is 10.1. The van der Waals surface area contributed by atoms with Gasteiger partial charge in [-0.25, -0.2) is 13.1 Å². The van der Waals surface area contributed by atoms with E-state index in [1.807, 2.05) is 18.2 Å². The van der Waals surface area contributed by atoms with Crippen molar-refractivity contribution in [3.8, 4) is 23.0 Å². The fraction of sp³-hybridized carbons (Fsp3) is 0.429. The van der Waals surface area contributed by atoms with Crippen LogP contribution in [-0.2, 0) is 10.0 Å². The normalized spacial score (nSPS) is 16.6. The van der Waals surface area contributed by atoms with Gasteiger partial charge in [0.15, 0.2) is 23.0 Å². The molecule has 31 heavy (non-hydrogen) atoms. The number of rotatable bonds is 8. The van der Waals surface area contributed by atoms with Crippen LogP contribution in [0, 0.1) is 0 Å². The standard InChI is InChI=1S/C21H26N2O6S.ClH/c1-26-18-8-6-16(12-20(18)27-2)30(24,25)22-13-17(23-9-3-4-10-23)15-5-7-19-21(11-15)29-14-28-19;/h5-8,11-12,17,22H,3-4,9-10,13-14H2,1-2H3;1H. The Morgan fingerprint density at radius 1 is 1.00 bits per heavy atom. The van der Waals surface area contributed by atoms with Crippen molar-refractivity contribution in [3.63, 3.8) is 0 Å². The Labute approximate surface area is 188 Å². The highest BCUT2D eigenvalue weighted by Gasteiger charge is 2.27. The van der Waals surface area contributed by atoms with Crippen molar-refractivity contribution in [1.82, 2.24) is 9.62 Å². The zero-order valence-electron chi connectivity index (χ0n) is 17.5. The Morgan fingerprint density at radius 2 is 1.71 bits per heavy atom. The minimum Gasteiger partial charge on any atom is -0.493 e. The van der Waals surface area contributed by atoms with Gasteiger partial charge in [-0.05, 0) is 55.8 Å². The Bertz CT molecular complexity index is 1010. The number of fused-ring (bicyclic) bond motifs is 1. The zero-order chi connectivity index (χ0) is 21.1. The number of hydrogen-bond acceptors (Lipinski definition) is 7. The van der Waals surface area contributed by atoms with E-state index in [1.165, 1.54) is 26.4 Å². The minimum absolute atomic E-state index is 0. The fourth-order valence-electron chi connectivity index (χ4n) is 3.89. The van der Waals surface area contributed by atoms with Crippen molar-refractivity contribution < 1.29 is 27.4 Å². The number of benzene rings is 2. The van der Waals surface area contributed by atoms with E-state index in [0.29, 0.717) is 23.0 Å². The lowest BCUT2D eigenvalue weighted by Gasteiger charge is -2.28. The van der Waals surface area contributed by atoms with Crippen LogP contribution in [-0.4, -0.2) is 54.0 Å². The molecule has 1 unspecified atom stereocenters. The molecule has 2 heterocycles. The highest BCUT2D eigenvalue weighted by Crippen LogP contribution is 2.36. The van der Waals surface area contributed by atoms with Gasteiger partial charge in [0.1, 0.15) is 0 Å². The van der Waals surface area contributed by atoms with Crippen LogP contribution in [0.25, 0.3) is 0 Å². The predicted molar refractivity (Wildman–Crippen MR) is 118 cm³/mol. The van der Waals surface area contributed by atoms with E-state index < -0.39 is 10.0 Å². The van der Waals surface area contributed by atoms with Crippen molar-refractivity contribution in [2.24, 2.45) is 0 Å². The molecule has 170 valence electrons. The van der Waals surface area contributed by atoms with Gasteiger partial charge in [0.25, 0.3) is 0 Å². The summed E-state index contributed by atoms with van der Waals surface area (Å²) in [6.45, 7) is 2.31. The third-order valence-corrected chi connectivity index (χ3v) is 6.92. The van der Waals surface area contributed by atoms with E-state index in [1.54, 1.807) is 6.07 Å². The number of halogens is 1. The van der Waals surface area contributed by atoms with Gasteiger partial charge < -0.3 is 18.9 Å². The Hall–Kier alpha value is -2.20. The second-order valence-corrected chi connectivity index (χ2v) is 9.01. The number of methoxy groups -OCH3 is 2. The van der Waals surface area contributed by atoms with Crippen molar-refractivity contribution in [2.45, 2.75) is 23.8 Å². The average Bonchev–Trinajstić information content (AvgIpc) is 3.45. The van der Waals surface area contributed by atoms with Crippen molar-refractivity contribution in [2.75, 3.05) is 40.6 Å². The van der Waals surface area contributed by atoms with Crippen molar-refractivity contribution >= 4 is 22.4 Å². The highest BCUT2D eigenvalue weighted by molar-refractivity contribution is 7.89. The maximum atomic E-state index is 13.0. The first-order valence-corrected chi connectivity index (χ1v) is 11.4. The summed E-state index contributed by atoms with van der Waals surface area (Å²) < 4.78 is 50.0. The van der Waals surface area contributed by atoms with Gasteiger partial charge in [-0.15, -0.1) is 12.4 Å². The van der Waals surface area contributed by atoms with E-state index in [9.17, 15) is 8.42 Å². The van der Waals surface area contributed by atoms with Crippen molar-refractivity contribution in [1.29, 1.82) is 0 Å². The highest BCUT2D eigenvalue weighted by atomic mass is 35.5. The number of ether oxygens (including phenoxy) is 4. The number of likely N-dealkylation sites (tertiary alicyclic amines) is 1. The molecule has 2 aromatic rings. The molecule has 2 aromatic carbocycles. The van der Waals surface area contributed by atoms with Crippen LogP contribution in [0.1, 0.15) is 24.4 Å². The molecule has 1 saturated heterocycles. The van der Waals surface area contributed by atoms with E-state index in [4.69, 9.17) is 18.9 Å². The number of nitrogens with one attached hydrogen (secondary N) is 1. The molecule has 0 saturated carbocycles. The van der Waals surface area contributed by atoms with Gasteiger partial charge in [0.05, 0.1) is 19.1 Å². The summed E-state index contributed by atoms with van der Waals surface area (Å²) in [5, 5.41) is 0. The molecule has 0 radical (unpaired) electrons. The van der Waals surface area contributed by atoms with Gasteiger partial charge in [-0.2, -0.15) is 0 Å². The fourth-order valence-corrected chi connectivity index (χ4v) is 4.94. The van der Waals surface area contributed by atoms with Crippen LogP contribution >= 0.6 is 12.4 Å². The quantitative estimate of drug-likeness (QED) is 0.634. The summed E-state index contributed by atoms with van der Waals surface area (Å²) in [6, 6.07) is 10.3. The van der Waals surface area contributed by atoms with Crippen LogP contribution in [0.15, 0.2) is 41.3 Å². The molecule has 0 bridgehead atoms. The van der Waals surface area contributed by atoms with Gasteiger partial charge >= 0.3 is 0 Å². The van der Waals surface area contributed by atoms with Crippen LogP contribution in [0.5, 0.6) is 23.0 Å². The minimum atomic E-state index is -3.73. The average molecular weight is 471 g/mol. The predicted octanol–water partition coefficient (Wildman–Crippen LogP) is 2.97. The summed E-state index contributed by atoms with van der Waals surface area (Å²) in [5.74, 6) is 2.25. The zero-order valence-corrected chi connectivity index (χ0v) is 19.1. The molecule has 1 fully saturated rings. The SMILES string of the molecule is COc1ccc(S(=O)(=O)NCC(c2ccc3c(c2)OCO3)N2CCCC2)cc1OC.Cl. The number of hydrogen-bond donors (Lipinski definition) is 1. The Balaban J connectivity index is 0.00000272. The molecular weight excluding hydrogens is 444 g/mol. The maximum absolute atomic E-state index is 13.0. The molecule has 0 spiro atoms. The van der Waals surface area contributed by atoms with Crippen LogP contribution in [0.3, 0.4) is 0 Å². The van der Waals surface area contributed by atoms with E-state index in [0.717, 1.165) is 31.5 Å². The monoisotopic (exact) mass is 470 g/mol. The summed E-state index contributed by atoms with van der Waals surface area (Å²) in [7, 11) is -0.743. The molecule has 0 amide bonds. The lowest BCUT2D eigenvalue weighted by Crippen LogP contribution is -2.36. The second-order valence-electron chi connectivity index (χ2n) is 7.24. The number of nitrogens with zero attached hydrogens (tertiary/aromatic N) is 1. The van der Waals surface area contributed by atoms with E-state index >= 15 is 0 Å². The molecule has 8 nitrogen and oxygen atoms in total. The first kappa shape index (κ1) is 23.5.